The molecule has 1 amide bonds. The minimum absolute atomic E-state index is 0.0249. The number of carbonyl (C=O) groups is 1. The summed E-state index contributed by atoms with van der Waals surface area (Å²) in [6.07, 6.45) is 0. The molecule has 0 aliphatic carbocycles. The molecule has 0 fully saturated rings. The lowest BCUT2D eigenvalue weighted by Crippen LogP contribution is -2.56. The van der Waals surface area contributed by atoms with Gasteiger partial charge in [-0.25, -0.2) is 0 Å². The maximum Gasteiger partial charge on any atom is 0.287 e. The number of halogens is 1. The Morgan fingerprint density at radius 1 is 1.50 bits per heavy atom. The number of anilines is 1. The van der Waals surface area contributed by atoms with Gasteiger partial charge in [-0.15, -0.1) is 0 Å². The van der Waals surface area contributed by atoms with Gasteiger partial charge in [0.2, 0.25) is 0 Å². The second kappa shape index (κ2) is 2.57. The van der Waals surface area contributed by atoms with E-state index in [0.29, 0.717) is 0 Å². The van der Waals surface area contributed by atoms with Crippen LogP contribution in [0.2, 0.25) is 0 Å². The number of benzene rings is 1. The quantitative estimate of drug-likeness (QED) is 0.674. The van der Waals surface area contributed by atoms with Crippen molar-refractivity contribution in [2.75, 3.05) is 5.32 Å². The number of nitrogens with one attached hydrogen (secondary N) is 1. The standard InChI is InChI=1S/C8H7BrN2O/c9-4-1-2-6-5(3-4)7(10)8(12)11-6/h1-3,7H,10H2,(H,11,12)/p+1/t7-/m0/s1. The van der Waals surface area contributed by atoms with Crippen LogP contribution < -0.4 is 11.1 Å². The van der Waals surface area contributed by atoms with Crippen LogP contribution in [0.1, 0.15) is 11.6 Å². The first kappa shape index (κ1) is 7.76. The molecule has 3 nitrogen and oxygen atoms in total. The largest absolute Gasteiger partial charge is 0.343 e. The fourth-order valence-corrected chi connectivity index (χ4v) is 1.68. The smallest absolute Gasteiger partial charge is 0.287 e. The molecule has 1 aromatic carbocycles. The number of rotatable bonds is 0. The van der Waals surface area contributed by atoms with Crippen LogP contribution in [0.5, 0.6) is 0 Å². The number of quaternary nitrogens is 1. The fourth-order valence-electron chi connectivity index (χ4n) is 1.30. The van der Waals surface area contributed by atoms with Crippen LogP contribution in [0.3, 0.4) is 0 Å². The molecule has 0 saturated heterocycles. The normalized spacial score (nSPS) is 20.5. The first-order valence-corrected chi connectivity index (χ1v) is 4.41. The Morgan fingerprint density at radius 3 is 3.00 bits per heavy atom. The summed E-state index contributed by atoms with van der Waals surface area (Å²) in [5.41, 5.74) is 5.61. The lowest BCUT2D eigenvalue weighted by molar-refractivity contribution is -0.407. The van der Waals surface area contributed by atoms with Crippen LogP contribution in [0.25, 0.3) is 0 Å². The van der Waals surface area contributed by atoms with Crippen molar-refractivity contribution >= 4 is 27.5 Å². The molecule has 1 aromatic rings. The van der Waals surface area contributed by atoms with Crippen molar-refractivity contribution in [1.29, 1.82) is 0 Å². The monoisotopic (exact) mass is 227 g/mol. The van der Waals surface area contributed by atoms with Gasteiger partial charge in [0.05, 0.1) is 5.69 Å². The predicted octanol–water partition coefficient (Wildman–Crippen LogP) is 0.684. The Morgan fingerprint density at radius 2 is 2.25 bits per heavy atom. The van der Waals surface area contributed by atoms with Gasteiger partial charge >= 0.3 is 0 Å². The van der Waals surface area contributed by atoms with Gasteiger partial charge in [0.25, 0.3) is 5.91 Å². The van der Waals surface area contributed by atoms with E-state index in [9.17, 15) is 4.79 Å². The number of amides is 1. The molecular formula is C8H8BrN2O+. The van der Waals surface area contributed by atoms with E-state index in [1.165, 1.54) is 0 Å². The highest BCUT2D eigenvalue weighted by Crippen LogP contribution is 2.30. The molecule has 62 valence electrons. The summed E-state index contributed by atoms with van der Waals surface area (Å²) in [4.78, 5) is 11.2. The van der Waals surface area contributed by atoms with Gasteiger partial charge in [-0.3, -0.25) is 4.79 Å². The summed E-state index contributed by atoms with van der Waals surface area (Å²) in [6, 6.07) is 5.43. The molecular weight excluding hydrogens is 220 g/mol. The predicted molar refractivity (Wildman–Crippen MR) is 48.4 cm³/mol. The molecule has 2 rings (SSSR count). The second-order valence-electron chi connectivity index (χ2n) is 2.77. The Bertz CT molecular complexity index is 351. The molecule has 12 heavy (non-hydrogen) atoms. The van der Waals surface area contributed by atoms with Crippen molar-refractivity contribution < 1.29 is 10.5 Å². The number of fused-ring (bicyclic) bond motifs is 1. The fraction of sp³-hybridized carbons (Fsp3) is 0.125. The summed E-state index contributed by atoms with van der Waals surface area (Å²) in [5, 5.41) is 2.75. The third-order valence-corrected chi connectivity index (χ3v) is 2.46. The van der Waals surface area contributed by atoms with E-state index in [4.69, 9.17) is 0 Å². The zero-order valence-corrected chi connectivity index (χ0v) is 7.89. The van der Waals surface area contributed by atoms with Crippen LogP contribution in [0.15, 0.2) is 22.7 Å². The van der Waals surface area contributed by atoms with Gasteiger partial charge in [-0.05, 0) is 18.2 Å². The molecule has 1 atom stereocenters. The summed E-state index contributed by atoms with van der Waals surface area (Å²) in [5.74, 6) is -0.0249. The van der Waals surface area contributed by atoms with Crippen molar-refractivity contribution in [1.82, 2.24) is 0 Å². The Balaban J connectivity index is 2.55. The minimum Gasteiger partial charge on any atom is -0.343 e. The maximum atomic E-state index is 11.2. The van der Waals surface area contributed by atoms with Crippen LogP contribution in [-0.2, 0) is 4.79 Å². The van der Waals surface area contributed by atoms with Gasteiger partial charge in [-0.1, -0.05) is 15.9 Å². The lowest BCUT2D eigenvalue weighted by Gasteiger charge is -1.97. The van der Waals surface area contributed by atoms with E-state index in [1.54, 1.807) is 0 Å². The number of carbonyl (C=O) groups excluding carboxylic acids is 1. The van der Waals surface area contributed by atoms with Crippen molar-refractivity contribution in [3.05, 3.63) is 28.2 Å². The lowest BCUT2D eigenvalue weighted by atomic mass is 10.1. The molecule has 1 heterocycles. The first-order chi connectivity index (χ1) is 5.68. The highest BCUT2D eigenvalue weighted by Gasteiger charge is 2.30. The number of hydrogen-bond acceptors (Lipinski definition) is 1. The molecule has 0 saturated carbocycles. The molecule has 4 heteroatoms. The van der Waals surface area contributed by atoms with Gasteiger partial charge in [0.15, 0.2) is 6.04 Å². The van der Waals surface area contributed by atoms with E-state index in [-0.39, 0.29) is 11.9 Å². The van der Waals surface area contributed by atoms with Crippen LogP contribution in [0.4, 0.5) is 5.69 Å². The molecule has 1 aliphatic rings. The van der Waals surface area contributed by atoms with Crippen LogP contribution in [0, 0.1) is 0 Å². The van der Waals surface area contributed by atoms with E-state index >= 15 is 0 Å². The minimum atomic E-state index is -0.266. The van der Waals surface area contributed by atoms with Crippen molar-refractivity contribution in [3.8, 4) is 0 Å². The molecule has 0 unspecified atom stereocenters. The zero-order valence-electron chi connectivity index (χ0n) is 6.30. The summed E-state index contributed by atoms with van der Waals surface area (Å²) >= 11 is 3.35. The van der Waals surface area contributed by atoms with E-state index in [2.05, 4.69) is 27.0 Å². The van der Waals surface area contributed by atoms with Gasteiger partial charge in [0.1, 0.15) is 0 Å². The third-order valence-electron chi connectivity index (χ3n) is 1.96. The van der Waals surface area contributed by atoms with Crippen molar-refractivity contribution in [2.45, 2.75) is 6.04 Å². The molecule has 0 aromatic heterocycles. The van der Waals surface area contributed by atoms with E-state index in [0.717, 1.165) is 15.7 Å². The summed E-state index contributed by atoms with van der Waals surface area (Å²) < 4.78 is 0.978. The average molecular weight is 228 g/mol. The highest BCUT2D eigenvalue weighted by atomic mass is 79.9. The Hall–Kier alpha value is -0.870. The SMILES string of the molecule is [NH3+][C@@H]1C(=O)Nc2ccc(Br)cc21. The third kappa shape index (κ3) is 1.04. The Kier molecular flexibility index (Phi) is 1.66. The zero-order chi connectivity index (χ0) is 8.72. The van der Waals surface area contributed by atoms with Crippen molar-refractivity contribution in [3.63, 3.8) is 0 Å². The summed E-state index contributed by atoms with van der Waals surface area (Å²) in [7, 11) is 0. The Labute approximate surface area is 78.1 Å². The number of hydrogen-bond donors (Lipinski definition) is 2. The molecule has 0 radical (unpaired) electrons. The average Bonchev–Trinajstić information content (AvgIpc) is 2.31. The van der Waals surface area contributed by atoms with Gasteiger partial charge < -0.3 is 11.1 Å². The molecule has 0 spiro atoms. The van der Waals surface area contributed by atoms with E-state index < -0.39 is 0 Å². The first-order valence-electron chi connectivity index (χ1n) is 3.62. The molecule has 4 N–H and O–H groups in total. The topological polar surface area (TPSA) is 56.7 Å². The van der Waals surface area contributed by atoms with Gasteiger partial charge in [-0.2, -0.15) is 0 Å². The van der Waals surface area contributed by atoms with Crippen LogP contribution >= 0.6 is 15.9 Å². The van der Waals surface area contributed by atoms with Crippen LogP contribution in [-0.4, -0.2) is 5.91 Å². The summed E-state index contributed by atoms with van der Waals surface area (Å²) in [6.45, 7) is 0. The van der Waals surface area contributed by atoms with E-state index in [1.807, 2.05) is 18.2 Å². The maximum absolute atomic E-state index is 11.2. The van der Waals surface area contributed by atoms with Gasteiger partial charge in [0, 0.05) is 10.0 Å². The molecule has 0 bridgehead atoms. The highest BCUT2D eigenvalue weighted by molar-refractivity contribution is 9.10. The second-order valence-corrected chi connectivity index (χ2v) is 3.69. The van der Waals surface area contributed by atoms with Crippen molar-refractivity contribution in [2.24, 2.45) is 0 Å². The molecule has 1 aliphatic heterocycles.